The van der Waals surface area contributed by atoms with Gasteiger partial charge in [-0.3, -0.25) is 0 Å². The Morgan fingerprint density at radius 3 is 1.48 bits per heavy atom. The molecule has 0 saturated carbocycles. The predicted molar refractivity (Wildman–Crippen MR) is 98.2 cm³/mol. The van der Waals surface area contributed by atoms with Gasteiger partial charge in [-0.1, -0.05) is 60.7 Å². The van der Waals surface area contributed by atoms with E-state index in [0.29, 0.717) is 0 Å². The van der Waals surface area contributed by atoms with Crippen molar-refractivity contribution in [2.45, 2.75) is 25.3 Å². The zero-order valence-corrected chi connectivity index (χ0v) is 15.2. The molecule has 1 aliphatic rings. The van der Waals surface area contributed by atoms with Crippen LogP contribution in [0.15, 0.2) is 60.7 Å². The number of nitrogens with one attached hydrogen (secondary N) is 2. The summed E-state index contributed by atoms with van der Waals surface area (Å²) in [4.78, 5) is 47.7. The second-order valence-corrected chi connectivity index (χ2v) is 6.11. The Morgan fingerprint density at radius 2 is 1.10 bits per heavy atom. The summed E-state index contributed by atoms with van der Waals surface area (Å²) in [6.45, 7) is -0.0563. The molecule has 29 heavy (non-hydrogen) atoms. The molecule has 1 saturated heterocycles. The predicted octanol–water partition coefficient (Wildman–Crippen LogP) is 1.66. The molecule has 0 unspecified atom stereocenters. The van der Waals surface area contributed by atoms with Crippen LogP contribution in [0.4, 0.5) is 9.59 Å². The van der Waals surface area contributed by atoms with E-state index in [9.17, 15) is 19.2 Å². The van der Waals surface area contributed by atoms with Crippen LogP contribution in [0.5, 0.6) is 0 Å². The van der Waals surface area contributed by atoms with Gasteiger partial charge >= 0.3 is 24.1 Å². The topological polar surface area (TPSA) is 120 Å². The molecular formula is C20H18N2O7. The van der Waals surface area contributed by atoms with Crippen molar-refractivity contribution in [3.05, 3.63) is 71.8 Å². The van der Waals surface area contributed by atoms with Crippen molar-refractivity contribution in [3.8, 4) is 0 Å². The molecule has 2 atom stereocenters. The molecule has 0 bridgehead atoms. The first kappa shape index (κ1) is 19.9. The fourth-order valence-corrected chi connectivity index (χ4v) is 2.57. The van der Waals surface area contributed by atoms with E-state index in [0.717, 1.165) is 11.1 Å². The Balaban J connectivity index is 1.52. The minimum atomic E-state index is -1.42. The first-order chi connectivity index (χ1) is 14.0. The Kier molecular flexibility index (Phi) is 6.41. The molecule has 150 valence electrons. The third-order valence-corrected chi connectivity index (χ3v) is 4.01. The highest BCUT2D eigenvalue weighted by Crippen LogP contribution is 2.11. The van der Waals surface area contributed by atoms with Crippen molar-refractivity contribution in [2.75, 3.05) is 0 Å². The average molecular weight is 398 g/mol. The van der Waals surface area contributed by atoms with Crippen LogP contribution in [0.3, 0.4) is 0 Å². The van der Waals surface area contributed by atoms with Crippen LogP contribution in [0.1, 0.15) is 11.1 Å². The van der Waals surface area contributed by atoms with Gasteiger partial charge in [0, 0.05) is 0 Å². The van der Waals surface area contributed by atoms with Gasteiger partial charge in [0.05, 0.1) is 0 Å². The van der Waals surface area contributed by atoms with Gasteiger partial charge in [-0.25, -0.2) is 19.2 Å². The zero-order chi connectivity index (χ0) is 20.6. The van der Waals surface area contributed by atoms with Gasteiger partial charge < -0.3 is 24.8 Å². The van der Waals surface area contributed by atoms with Gasteiger partial charge in [0.25, 0.3) is 0 Å². The average Bonchev–Trinajstić information content (AvgIpc) is 2.99. The normalized spacial score (nSPS) is 17.9. The van der Waals surface area contributed by atoms with Gasteiger partial charge in [-0.05, 0) is 11.1 Å². The Labute approximate surface area is 165 Å². The van der Waals surface area contributed by atoms with Crippen molar-refractivity contribution < 1.29 is 33.4 Å². The Hall–Kier alpha value is -3.88. The third kappa shape index (κ3) is 5.55. The molecule has 0 spiro atoms. The fourth-order valence-electron chi connectivity index (χ4n) is 2.57. The molecule has 2 aromatic rings. The number of benzene rings is 2. The molecule has 1 heterocycles. The molecule has 3 rings (SSSR count). The number of cyclic esters (lactones) is 2. The van der Waals surface area contributed by atoms with Crippen LogP contribution in [-0.4, -0.2) is 36.2 Å². The van der Waals surface area contributed by atoms with E-state index in [-0.39, 0.29) is 13.2 Å². The second-order valence-electron chi connectivity index (χ2n) is 6.11. The first-order valence-electron chi connectivity index (χ1n) is 8.73. The number of carbonyl (C=O) groups excluding carboxylic acids is 4. The van der Waals surface area contributed by atoms with Crippen LogP contribution in [0.2, 0.25) is 0 Å². The lowest BCUT2D eigenvalue weighted by Crippen LogP contribution is -2.53. The van der Waals surface area contributed by atoms with Crippen molar-refractivity contribution in [3.63, 3.8) is 0 Å². The van der Waals surface area contributed by atoms with Gasteiger partial charge in [-0.15, -0.1) is 0 Å². The molecule has 2 amide bonds. The number of alkyl carbamates (subject to hydrolysis) is 2. The molecule has 1 aliphatic heterocycles. The Morgan fingerprint density at radius 1 is 0.724 bits per heavy atom. The molecule has 0 radical (unpaired) electrons. The van der Waals surface area contributed by atoms with E-state index < -0.39 is 36.2 Å². The van der Waals surface area contributed by atoms with E-state index in [1.807, 2.05) is 12.1 Å². The molecule has 9 heteroatoms. The lowest BCUT2D eigenvalue weighted by atomic mass is 10.1. The lowest BCUT2D eigenvalue weighted by molar-refractivity contribution is -0.153. The maximum Gasteiger partial charge on any atom is 0.408 e. The van der Waals surface area contributed by atoms with Crippen LogP contribution in [-0.2, 0) is 37.0 Å². The standard InChI is InChI=1S/C20H18N2O7/c23-17-15(21-19(25)27-11-13-7-3-1-4-8-13)16(18(24)29-17)22-20(26)28-12-14-9-5-2-6-10-14/h1-10,15-16H,11-12H2,(H,21,25)(H,22,26)/t15-,16-/m0/s1. The highest BCUT2D eigenvalue weighted by Gasteiger charge is 2.47. The van der Waals surface area contributed by atoms with Crippen LogP contribution in [0.25, 0.3) is 0 Å². The smallest absolute Gasteiger partial charge is 0.408 e. The maximum absolute atomic E-state index is 12.0. The van der Waals surface area contributed by atoms with Crippen molar-refractivity contribution in [1.29, 1.82) is 0 Å². The van der Waals surface area contributed by atoms with E-state index in [1.165, 1.54) is 0 Å². The quantitative estimate of drug-likeness (QED) is 0.431. The molecule has 1 fully saturated rings. The van der Waals surface area contributed by atoms with Gasteiger partial charge in [0.1, 0.15) is 13.2 Å². The van der Waals surface area contributed by atoms with Crippen LogP contribution in [0, 0.1) is 0 Å². The maximum atomic E-state index is 12.0. The number of hydrogen-bond donors (Lipinski definition) is 2. The first-order valence-corrected chi connectivity index (χ1v) is 8.73. The third-order valence-electron chi connectivity index (χ3n) is 4.01. The second kappa shape index (κ2) is 9.36. The number of ether oxygens (including phenoxy) is 3. The molecule has 2 aromatic carbocycles. The van der Waals surface area contributed by atoms with Gasteiger partial charge in [0.15, 0.2) is 12.1 Å². The van der Waals surface area contributed by atoms with E-state index in [2.05, 4.69) is 15.4 Å². The number of hydrogen-bond acceptors (Lipinski definition) is 7. The lowest BCUT2D eigenvalue weighted by Gasteiger charge is -2.16. The summed E-state index contributed by atoms with van der Waals surface area (Å²) >= 11 is 0. The molecule has 2 N–H and O–H groups in total. The highest BCUT2D eigenvalue weighted by atomic mass is 16.6. The Bertz CT molecular complexity index is 813. The van der Waals surface area contributed by atoms with E-state index in [4.69, 9.17) is 9.47 Å². The summed E-state index contributed by atoms with van der Waals surface area (Å²) in [5.41, 5.74) is 1.48. The molecule has 9 nitrogen and oxygen atoms in total. The number of amides is 2. The molecule has 0 aliphatic carbocycles. The molecular weight excluding hydrogens is 380 g/mol. The molecule has 0 aromatic heterocycles. The summed E-state index contributed by atoms with van der Waals surface area (Å²) in [5, 5.41) is 4.46. The monoisotopic (exact) mass is 398 g/mol. The number of rotatable bonds is 6. The highest BCUT2D eigenvalue weighted by molar-refractivity contribution is 6.03. The SMILES string of the molecule is O=C(N[C@@H]1C(=O)OC(=O)[C@H]1NC(=O)OCc1ccccc1)OCc1ccccc1. The fraction of sp³-hybridized carbons (Fsp3) is 0.200. The van der Waals surface area contributed by atoms with Crippen molar-refractivity contribution in [2.24, 2.45) is 0 Å². The number of carbonyl (C=O) groups is 4. The van der Waals surface area contributed by atoms with Crippen LogP contribution < -0.4 is 10.6 Å². The van der Waals surface area contributed by atoms with Crippen molar-refractivity contribution >= 4 is 24.1 Å². The summed E-state index contributed by atoms with van der Waals surface area (Å²) in [5.74, 6) is -2.00. The van der Waals surface area contributed by atoms with Crippen LogP contribution >= 0.6 is 0 Å². The van der Waals surface area contributed by atoms with Gasteiger partial charge in [0.2, 0.25) is 0 Å². The summed E-state index contributed by atoms with van der Waals surface area (Å²) in [6.07, 6.45) is -1.87. The zero-order valence-electron chi connectivity index (χ0n) is 15.2. The van der Waals surface area contributed by atoms with E-state index >= 15 is 0 Å². The minimum absolute atomic E-state index is 0.0282. The largest absolute Gasteiger partial charge is 0.445 e. The minimum Gasteiger partial charge on any atom is -0.445 e. The van der Waals surface area contributed by atoms with Gasteiger partial charge in [-0.2, -0.15) is 0 Å². The summed E-state index contributed by atoms with van der Waals surface area (Å²) in [7, 11) is 0. The van der Waals surface area contributed by atoms with Crippen molar-refractivity contribution in [1.82, 2.24) is 10.6 Å². The van der Waals surface area contributed by atoms with E-state index in [1.54, 1.807) is 48.5 Å². The summed E-state index contributed by atoms with van der Waals surface area (Å²) in [6, 6.07) is 15.0. The summed E-state index contributed by atoms with van der Waals surface area (Å²) < 4.78 is 14.5. The number of esters is 2.